The maximum atomic E-state index is 12.4. The van der Waals surface area contributed by atoms with Gasteiger partial charge in [-0.05, 0) is 17.5 Å². The molecule has 0 aliphatic rings. The van der Waals surface area contributed by atoms with Gasteiger partial charge < -0.3 is 10.1 Å². The first-order valence-corrected chi connectivity index (χ1v) is 8.10. The number of amides is 1. The Kier molecular flexibility index (Phi) is 5.15. The highest BCUT2D eigenvalue weighted by atomic mass is 32.1. The standard InChI is InChI=1S/C17H20N2O3S/c1-17(2,3)13(15-18-12(10-23-15)16(21)22-4)19-14(20)11-8-6-5-7-9-11/h5-10,13H,1-4H3,(H,19,20). The van der Waals surface area contributed by atoms with E-state index in [-0.39, 0.29) is 23.1 Å². The van der Waals surface area contributed by atoms with E-state index in [0.717, 1.165) is 0 Å². The minimum atomic E-state index is -0.477. The minimum Gasteiger partial charge on any atom is -0.464 e. The Labute approximate surface area is 139 Å². The lowest BCUT2D eigenvalue weighted by atomic mass is 9.87. The van der Waals surface area contributed by atoms with Crippen molar-refractivity contribution in [3.8, 4) is 0 Å². The van der Waals surface area contributed by atoms with Gasteiger partial charge in [-0.2, -0.15) is 0 Å². The Morgan fingerprint density at radius 3 is 2.43 bits per heavy atom. The highest BCUT2D eigenvalue weighted by Crippen LogP contribution is 2.34. The third kappa shape index (κ3) is 4.16. The molecule has 1 N–H and O–H groups in total. The molecule has 23 heavy (non-hydrogen) atoms. The van der Waals surface area contributed by atoms with Crippen LogP contribution in [0.4, 0.5) is 0 Å². The van der Waals surface area contributed by atoms with Gasteiger partial charge in [0.2, 0.25) is 0 Å². The van der Waals surface area contributed by atoms with E-state index in [2.05, 4.69) is 15.0 Å². The molecule has 0 spiro atoms. The Bertz CT molecular complexity index is 689. The highest BCUT2D eigenvalue weighted by molar-refractivity contribution is 7.09. The molecule has 0 radical (unpaired) electrons. The molecule has 2 rings (SSSR count). The molecule has 0 fully saturated rings. The van der Waals surface area contributed by atoms with Crippen molar-refractivity contribution in [1.29, 1.82) is 0 Å². The number of aromatic nitrogens is 1. The molecule has 0 saturated heterocycles. The summed E-state index contributed by atoms with van der Waals surface area (Å²) in [6.45, 7) is 6.05. The van der Waals surface area contributed by atoms with Gasteiger partial charge in [-0.15, -0.1) is 11.3 Å². The number of ether oxygens (including phenoxy) is 1. The van der Waals surface area contributed by atoms with Gasteiger partial charge in [-0.25, -0.2) is 9.78 Å². The minimum absolute atomic E-state index is 0.166. The number of nitrogens with one attached hydrogen (secondary N) is 1. The van der Waals surface area contributed by atoms with Gasteiger partial charge in [0.25, 0.3) is 5.91 Å². The van der Waals surface area contributed by atoms with E-state index < -0.39 is 5.97 Å². The number of benzene rings is 1. The first-order chi connectivity index (χ1) is 10.8. The van der Waals surface area contributed by atoms with E-state index in [1.165, 1.54) is 18.4 Å². The summed E-state index contributed by atoms with van der Waals surface area (Å²) >= 11 is 1.34. The van der Waals surface area contributed by atoms with Gasteiger partial charge in [-0.1, -0.05) is 39.0 Å². The third-order valence-corrected chi connectivity index (χ3v) is 4.25. The smallest absolute Gasteiger partial charge is 0.357 e. The zero-order chi connectivity index (χ0) is 17.0. The van der Waals surface area contributed by atoms with Crippen molar-refractivity contribution in [2.24, 2.45) is 5.41 Å². The Morgan fingerprint density at radius 1 is 1.22 bits per heavy atom. The van der Waals surface area contributed by atoms with Crippen molar-refractivity contribution in [3.63, 3.8) is 0 Å². The largest absolute Gasteiger partial charge is 0.464 e. The van der Waals surface area contributed by atoms with Crippen LogP contribution in [0.2, 0.25) is 0 Å². The van der Waals surface area contributed by atoms with E-state index in [4.69, 9.17) is 0 Å². The molecule has 122 valence electrons. The molecule has 0 aliphatic heterocycles. The fourth-order valence-electron chi connectivity index (χ4n) is 2.07. The Balaban J connectivity index is 2.26. The lowest BCUT2D eigenvalue weighted by Gasteiger charge is -2.29. The fraction of sp³-hybridized carbons (Fsp3) is 0.353. The number of rotatable bonds is 4. The third-order valence-electron chi connectivity index (χ3n) is 3.34. The fourth-order valence-corrected chi connectivity index (χ4v) is 3.15. The van der Waals surface area contributed by atoms with Crippen molar-refractivity contribution in [2.75, 3.05) is 7.11 Å². The van der Waals surface area contributed by atoms with Crippen LogP contribution >= 0.6 is 11.3 Å². The molecule has 6 heteroatoms. The summed E-state index contributed by atoms with van der Waals surface area (Å²) in [7, 11) is 1.32. The molecule has 1 heterocycles. The van der Waals surface area contributed by atoms with E-state index in [1.807, 2.05) is 39.0 Å². The number of esters is 1. The molecule has 1 atom stereocenters. The summed E-state index contributed by atoms with van der Waals surface area (Å²) in [4.78, 5) is 28.3. The van der Waals surface area contributed by atoms with Gasteiger partial charge in [-0.3, -0.25) is 4.79 Å². The van der Waals surface area contributed by atoms with Crippen LogP contribution in [0, 0.1) is 5.41 Å². The Hall–Kier alpha value is -2.21. The maximum absolute atomic E-state index is 12.4. The van der Waals surface area contributed by atoms with Crippen LogP contribution in [0.25, 0.3) is 0 Å². The van der Waals surface area contributed by atoms with Crippen molar-refractivity contribution in [2.45, 2.75) is 26.8 Å². The molecular formula is C17H20N2O3S. The van der Waals surface area contributed by atoms with Gasteiger partial charge in [0, 0.05) is 10.9 Å². The molecule has 2 aromatic rings. The Morgan fingerprint density at radius 2 is 1.87 bits per heavy atom. The first kappa shape index (κ1) is 17.1. The van der Waals surface area contributed by atoms with Gasteiger partial charge in [0.05, 0.1) is 13.2 Å². The summed E-state index contributed by atoms with van der Waals surface area (Å²) < 4.78 is 4.68. The van der Waals surface area contributed by atoms with Crippen LogP contribution in [0.15, 0.2) is 35.7 Å². The molecule has 5 nitrogen and oxygen atoms in total. The van der Waals surface area contributed by atoms with Crippen LogP contribution < -0.4 is 5.32 Å². The van der Waals surface area contributed by atoms with Crippen LogP contribution in [-0.2, 0) is 4.74 Å². The summed E-state index contributed by atoms with van der Waals surface area (Å²) in [5.41, 5.74) is 0.595. The number of carbonyl (C=O) groups excluding carboxylic acids is 2. The number of nitrogens with zero attached hydrogens (tertiary/aromatic N) is 1. The van der Waals surface area contributed by atoms with Gasteiger partial charge >= 0.3 is 5.97 Å². The average Bonchev–Trinajstić information content (AvgIpc) is 3.00. The number of hydrogen-bond acceptors (Lipinski definition) is 5. The van der Waals surface area contributed by atoms with Gasteiger partial charge in [0.1, 0.15) is 5.01 Å². The first-order valence-electron chi connectivity index (χ1n) is 7.22. The lowest BCUT2D eigenvalue weighted by Crippen LogP contribution is -2.36. The van der Waals surface area contributed by atoms with E-state index in [0.29, 0.717) is 10.6 Å². The molecule has 0 aliphatic carbocycles. The monoisotopic (exact) mass is 332 g/mol. The van der Waals surface area contributed by atoms with E-state index >= 15 is 0 Å². The number of methoxy groups -OCH3 is 1. The predicted octanol–water partition coefficient (Wildman–Crippen LogP) is 3.45. The number of thiazole rings is 1. The second-order valence-corrected chi connectivity index (χ2v) is 7.09. The average molecular weight is 332 g/mol. The highest BCUT2D eigenvalue weighted by Gasteiger charge is 2.31. The van der Waals surface area contributed by atoms with Gasteiger partial charge in [0.15, 0.2) is 5.69 Å². The topological polar surface area (TPSA) is 68.3 Å². The van der Waals surface area contributed by atoms with E-state index in [1.54, 1.807) is 17.5 Å². The molecule has 1 aromatic heterocycles. The number of hydrogen-bond donors (Lipinski definition) is 1. The van der Waals surface area contributed by atoms with Crippen LogP contribution in [-0.4, -0.2) is 24.0 Å². The SMILES string of the molecule is COC(=O)c1csc(C(NC(=O)c2ccccc2)C(C)(C)C)n1. The molecule has 1 aromatic carbocycles. The predicted molar refractivity (Wildman–Crippen MR) is 89.6 cm³/mol. The molecular weight excluding hydrogens is 312 g/mol. The quantitative estimate of drug-likeness (QED) is 0.871. The summed E-state index contributed by atoms with van der Waals surface area (Å²) in [6.07, 6.45) is 0. The zero-order valence-electron chi connectivity index (χ0n) is 13.6. The zero-order valence-corrected chi connectivity index (χ0v) is 14.4. The maximum Gasteiger partial charge on any atom is 0.357 e. The van der Waals surface area contributed by atoms with Crippen LogP contribution in [0.1, 0.15) is 52.7 Å². The second kappa shape index (κ2) is 6.91. The second-order valence-electron chi connectivity index (χ2n) is 6.20. The normalized spacial score (nSPS) is 12.5. The van der Waals surface area contributed by atoms with Crippen LogP contribution in [0.3, 0.4) is 0 Å². The molecule has 1 unspecified atom stereocenters. The summed E-state index contributed by atoms with van der Waals surface area (Å²) in [5.74, 6) is -0.644. The van der Waals surface area contributed by atoms with Crippen molar-refractivity contribution < 1.29 is 14.3 Å². The number of carbonyl (C=O) groups is 2. The summed E-state index contributed by atoms with van der Waals surface area (Å²) in [5, 5.41) is 5.35. The lowest BCUT2D eigenvalue weighted by molar-refractivity contribution is 0.0594. The molecule has 0 bridgehead atoms. The molecule has 1 amide bonds. The molecule has 0 saturated carbocycles. The van der Waals surface area contributed by atoms with Crippen molar-refractivity contribution in [1.82, 2.24) is 10.3 Å². The van der Waals surface area contributed by atoms with E-state index in [9.17, 15) is 9.59 Å². The van der Waals surface area contributed by atoms with Crippen molar-refractivity contribution in [3.05, 3.63) is 52.0 Å². The summed E-state index contributed by atoms with van der Waals surface area (Å²) in [6, 6.07) is 8.72. The van der Waals surface area contributed by atoms with Crippen molar-refractivity contribution >= 4 is 23.2 Å². The van der Waals surface area contributed by atoms with Crippen LogP contribution in [0.5, 0.6) is 0 Å².